The Bertz CT molecular complexity index is 1010. The van der Waals surface area contributed by atoms with E-state index in [0.717, 1.165) is 64.6 Å². The van der Waals surface area contributed by atoms with E-state index in [1.165, 1.54) is 5.69 Å². The number of thioether (sulfide) groups is 1. The maximum atomic E-state index is 5.84. The van der Waals surface area contributed by atoms with Crippen LogP contribution in [0.25, 0.3) is 10.6 Å². The third kappa shape index (κ3) is 4.50. The molecule has 0 unspecified atom stereocenters. The van der Waals surface area contributed by atoms with Gasteiger partial charge in [0.05, 0.1) is 38.3 Å². The van der Waals surface area contributed by atoms with Crippen molar-refractivity contribution in [2.75, 3.05) is 20.8 Å². The van der Waals surface area contributed by atoms with Crippen molar-refractivity contribution in [1.82, 2.24) is 14.5 Å². The number of benzene rings is 1. The van der Waals surface area contributed by atoms with E-state index in [1.807, 2.05) is 18.2 Å². The molecule has 6 nitrogen and oxygen atoms in total. The van der Waals surface area contributed by atoms with Gasteiger partial charge in [0.1, 0.15) is 5.01 Å². The van der Waals surface area contributed by atoms with Gasteiger partial charge >= 0.3 is 0 Å². The molecule has 0 bridgehead atoms. The van der Waals surface area contributed by atoms with Crippen molar-refractivity contribution in [2.45, 2.75) is 50.2 Å². The minimum atomic E-state index is 0.299. The highest BCUT2D eigenvalue weighted by atomic mass is 32.2. The average molecular weight is 446 g/mol. The standard InChI is InChI=1S/C22H27N3O3S2/c1-14-15(2)25(11-18-6-5-9-28-18)22(23-14)30-13-17-12-29-21(24-17)16-7-8-19(26-3)20(10-16)27-4/h7-8,10,12,18H,5-6,9,11,13H2,1-4H3/t18-/m1/s1. The van der Waals surface area contributed by atoms with Crippen LogP contribution in [0.5, 0.6) is 11.5 Å². The number of hydrogen-bond acceptors (Lipinski definition) is 7. The van der Waals surface area contributed by atoms with Gasteiger partial charge in [-0.3, -0.25) is 0 Å². The fourth-order valence-corrected chi connectivity index (χ4v) is 5.47. The summed E-state index contributed by atoms with van der Waals surface area (Å²) in [6.07, 6.45) is 2.58. The molecule has 1 saturated heterocycles. The third-order valence-electron chi connectivity index (χ3n) is 5.36. The van der Waals surface area contributed by atoms with Crippen molar-refractivity contribution in [3.8, 4) is 22.1 Å². The molecule has 160 valence electrons. The highest BCUT2D eigenvalue weighted by Crippen LogP contribution is 2.34. The summed E-state index contributed by atoms with van der Waals surface area (Å²) in [5, 5.41) is 4.13. The summed E-state index contributed by atoms with van der Waals surface area (Å²) in [6.45, 7) is 5.96. The van der Waals surface area contributed by atoms with Crippen LogP contribution >= 0.6 is 23.1 Å². The Balaban J connectivity index is 1.47. The van der Waals surface area contributed by atoms with E-state index in [-0.39, 0.29) is 0 Å². The van der Waals surface area contributed by atoms with Crippen molar-refractivity contribution >= 4 is 23.1 Å². The fourth-order valence-electron chi connectivity index (χ4n) is 3.55. The van der Waals surface area contributed by atoms with Gasteiger partial charge in [0, 0.05) is 29.0 Å². The summed E-state index contributed by atoms with van der Waals surface area (Å²) in [6, 6.07) is 5.89. The van der Waals surface area contributed by atoms with Crippen LogP contribution in [0.1, 0.15) is 29.9 Å². The summed E-state index contributed by atoms with van der Waals surface area (Å²) < 4.78 is 18.9. The molecule has 0 aliphatic carbocycles. The predicted octanol–water partition coefficient (Wildman–Crippen LogP) is 5.11. The Labute approximate surface area is 185 Å². The lowest BCUT2D eigenvalue weighted by atomic mass is 10.2. The maximum Gasteiger partial charge on any atom is 0.168 e. The van der Waals surface area contributed by atoms with Crippen LogP contribution < -0.4 is 9.47 Å². The number of thiazole rings is 1. The van der Waals surface area contributed by atoms with E-state index in [0.29, 0.717) is 11.9 Å². The van der Waals surface area contributed by atoms with Crippen molar-refractivity contribution in [1.29, 1.82) is 0 Å². The van der Waals surface area contributed by atoms with Crippen molar-refractivity contribution in [3.63, 3.8) is 0 Å². The SMILES string of the molecule is COc1ccc(-c2nc(CSc3nc(C)c(C)n3C[C@H]3CCCO3)cs2)cc1OC. The maximum absolute atomic E-state index is 5.84. The van der Waals surface area contributed by atoms with Gasteiger partial charge in [-0.2, -0.15) is 0 Å². The lowest BCUT2D eigenvalue weighted by Gasteiger charge is -2.14. The molecule has 0 amide bonds. The second kappa shape index (κ2) is 9.41. The van der Waals surface area contributed by atoms with Gasteiger partial charge in [0.25, 0.3) is 0 Å². The zero-order valence-electron chi connectivity index (χ0n) is 17.8. The number of methoxy groups -OCH3 is 2. The molecular formula is C22H27N3O3S2. The Hall–Kier alpha value is -2.03. The molecule has 1 aliphatic heterocycles. The molecule has 1 aliphatic rings. The lowest BCUT2D eigenvalue weighted by molar-refractivity contribution is 0.0945. The van der Waals surface area contributed by atoms with Gasteiger partial charge in [-0.15, -0.1) is 11.3 Å². The second-order valence-corrected chi connectivity index (χ2v) is 9.11. The molecule has 30 heavy (non-hydrogen) atoms. The van der Waals surface area contributed by atoms with Gasteiger partial charge < -0.3 is 18.8 Å². The van der Waals surface area contributed by atoms with Gasteiger partial charge in [0.2, 0.25) is 0 Å². The number of aryl methyl sites for hydroxylation is 1. The molecule has 1 atom stereocenters. The smallest absolute Gasteiger partial charge is 0.168 e. The van der Waals surface area contributed by atoms with Crippen molar-refractivity contribution in [2.24, 2.45) is 0 Å². The minimum absolute atomic E-state index is 0.299. The summed E-state index contributed by atoms with van der Waals surface area (Å²) in [5.41, 5.74) is 4.38. The molecular weight excluding hydrogens is 418 g/mol. The zero-order chi connectivity index (χ0) is 21.1. The van der Waals surface area contributed by atoms with Gasteiger partial charge in [0.15, 0.2) is 16.7 Å². The van der Waals surface area contributed by atoms with Crippen LogP contribution in [-0.4, -0.2) is 41.5 Å². The molecule has 0 saturated carbocycles. The molecule has 4 rings (SSSR count). The first-order valence-electron chi connectivity index (χ1n) is 10.0. The highest BCUT2D eigenvalue weighted by Gasteiger charge is 2.20. The molecule has 2 aromatic heterocycles. The van der Waals surface area contributed by atoms with E-state index in [4.69, 9.17) is 24.2 Å². The summed E-state index contributed by atoms with van der Waals surface area (Å²) in [7, 11) is 3.29. The van der Waals surface area contributed by atoms with Gasteiger partial charge in [-0.05, 0) is 44.9 Å². The van der Waals surface area contributed by atoms with Crippen LogP contribution in [0.4, 0.5) is 0 Å². The van der Waals surface area contributed by atoms with E-state index in [1.54, 1.807) is 37.3 Å². The number of nitrogens with zero attached hydrogens (tertiary/aromatic N) is 3. The molecule has 0 spiro atoms. The average Bonchev–Trinajstić information content (AvgIpc) is 3.50. The Kier molecular flexibility index (Phi) is 6.65. The molecule has 1 fully saturated rings. The van der Waals surface area contributed by atoms with Crippen LogP contribution in [0.3, 0.4) is 0 Å². The second-order valence-electron chi connectivity index (χ2n) is 7.31. The molecule has 0 radical (unpaired) electrons. The van der Waals surface area contributed by atoms with E-state index in [2.05, 4.69) is 23.8 Å². The van der Waals surface area contributed by atoms with Crippen LogP contribution in [0.15, 0.2) is 28.7 Å². The minimum Gasteiger partial charge on any atom is -0.493 e. The topological polar surface area (TPSA) is 58.4 Å². The molecule has 8 heteroatoms. The van der Waals surface area contributed by atoms with Crippen molar-refractivity contribution in [3.05, 3.63) is 40.7 Å². The number of hydrogen-bond donors (Lipinski definition) is 0. The lowest BCUT2D eigenvalue weighted by Crippen LogP contribution is -2.16. The normalized spacial score (nSPS) is 16.2. The quantitative estimate of drug-likeness (QED) is 0.449. The first-order chi connectivity index (χ1) is 14.6. The van der Waals surface area contributed by atoms with Crippen LogP contribution in [0, 0.1) is 13.8 Å². The first-order valence-corrected chi connectivity index (χ1v) is 11.9. The van der Waals surface area contributed by atoms with Gasteiger partial charge in [-0.25, -0.2) is 9.97 Å². The number of imidazole rings is 1. The molecule has 0 N–H and O–H groups in total. The van der Waals surface area contributed by atoms with Crippen LogP contribution in [0.2, 0.25) is 0 Å². The number of rotatable bonds is 8. The molecule has 1 aromatic carbocycles. The molecule has 3 heterocycles. The Morgan fingerprint density at radius 3 is 2.77 bits per heavy atom. The summed E-state index contributed by atoms with van der Waals surface area (Å²) in [4.78, 5) is 9.62. The van der Waals surface area contributed by atoms with Gasteiger partial charge in [-0.1, -0.05) is 11.8 Å². The first kappa shape index (κ1) is 21.2. The number of ether oxygens (including phenoxy) is 3. The third-order valence-corrected chi connectivity index (χ3v) is 7.31. The number of aromatic nitrogens is 3. The summed E-state index contributed by atoms with van der Waals surface area (Å²) in [5.74, 6) is 2.21. The Morgan fingerprint density at radius 2 is 2.03 bits per heavy atom. The predicted molar refractivity (Wildman–Crippen MR) is 121 cm³/mol. The van der Waals surface area contributed by atoms with Crippen molar-refractivity contribution < 1.29 is 14.2 Å². The zero-order valence-corrected chi connectivity index (χ0v) is 19.4. The highest BCUT2D eigenvalue weighted by molar-refractivity contribution is 7.98. The largest absolute Gasteiger partial charge is 0.493 e. The van der Waals surface area contributed by atoms with E-state index >= 15 is 0 Å². The van der Waals surface area contributed by atoms with Crippen LogP contribution in [-0.2, 0) is 17.0 Å². The fraction of sp³-hybridized carbons (Fsp3) is 0.455. The Morgan fingerprint density at radius 1 is 1.20 bits per heavy atom. The van der Waals surface area contributed by atoms with E-state index in [9.17, 15) is 0 Å². The van der Waals surface area contributed by atoms with E-state index < -0.39 is 0 Å². The monoisotopic (exact) mass is 445 g/mol. The summed E-state index contributed by atoms with van der Waals surface area (Å²) >= 11 is 3.38. The molecule has 3 aromatic rings.